The van der Waals surface area contributed by atoms with Crippen molar-refractivity contribution in [3.8, 4) is 17.2 Å². The molecule has 2 rings (SSSR count). The molecule has 0 saturated heterocycles. The fourth-order valence-corrected chi connectivity index (χ4v) is 2.82. The normalized spacial score (nSPS) is 13.3. The highest BCUT2D eigenvalue weighted by atomic mass is 16.5. The Morgan fingerprint density at radius 2 is 1.71 bits per heavy atom. The molecule has 2 atom stereocenters. The Kier molecular flexibility index (Phi) is 6.50. The Morgan fingerprint density at radius 3 is 2.33 bits per heavy atom. The first-order valence-electron chi connectivity index (χ1n) is 8.29. The van der Waals surface area contributed by atoms with E-state index in [1.807, 2.05) is 30.3 Å². The summed E-state index contributed by atoms with van der Waals surface area (Å²) < 4.78 is 10.8. The van der Waals surface area contributed by atoms with Crippen LogP contribution in [0.2, 0.25) is 0 Å². The van der Waals surface area contributed by atoms with Crippen molar-refractivity contribution in [1.29, 1.82) is 0 Å². The average molecular weight is 329 g/mol. The lowest BCUT2D eigenvalue weighted by Crippen LogP contribution is -2.29. The second kappa shape index (κ2) is 8.60. The third-order valence-electron chi connectivity index (χ3n) is 4.24. The van der Waals surface area contributed by atoms with Gasteiger partial charge in [0.05, 0.1) is 14.2 Å². The minimum Gasteiger partial charge on any atom is -0.508 e. The van der Waals surface area contributed by atoms with Crippen LogP contribution >= 0.6 is 0 Å². The van der Waals surface area contributed by atoms with Crippen LogP contribution in [-0.2, 0) is 6.42 Å². The molecule has 24 heavy (non-hydrogen) atoms. The van der Waals surface area contributed by atoms with E-state index in [-0.39, 0.29) is 6.04 Å². The summed E-state index contributed by atoms with van der Waals surface area (Å²) in [6.07, 6.45) is 1.98. The summed E-state index contributed by atoms with van der Waals surface area (Å²) >= 11 is 0. The maximum absolute atomic E-state index is 9.34. The Balaban J connectivity index is 1.95. The van der Waals surface area contributed by atoms with Gasteiger partial charge in [-0.1, -0.05) is 12.1 Å². The number of rotatable bonds is 8. The molecule has 0 aliphatic heterocycles. The van der Waals surface area contributed by atoms with Crippen LogP contribution in [0.5, 0.6) is 17.2 Å². The van der Waals surface area contributed by atoms with Crippen molar-refractivity contribution < 1.29 is 14.6 Å². The molecular formula is C20H27NO3. The molecular weight excluding hydrogens is 302 g/mol. The summed E-state index contributed by atoms with van der Waals surface area (Å²) in [7, 11) is 3.36. The zero-order chi connectivity index (χ0) is 17.5. The van der Waals surface area contributed by atoms with Gasteiger partial charge >= 0.3 is 0 Å². The molecule has 2 aromatic rings. The Bertz CT molecular complexity index is 640. The first-order chi connectivity index (χ1) is 11.5. The third kappa shape index (κ3) is 4.90. The quantitative estimate of drug-likeness (QED) is 0.766. The number of nitrogens with one attached hydrogen (secondary N) is 1. The molecule has 0 amide bonds. The number of methoxy groups -OCH3 is 2. The smallest absolute Gasteiger partial charge is 0.123 e. The minimum absolute atomic E-state index is 0.157. The lowest BCUT2D eigenvalue weighted by atomic mass is 10.0. The van der Waals surface area contributed by atoms with Gasteiger partial charge in [-0.25, -0.2) is 0 Å². The maximum atomic E-state index is 9.34. The second-order valence-corrected chi connectivity index (χ2v) is 6.10. The number of aryl methyl sites for hydroxylation is 1. The van der Waals surface area contributed by atoms with Crippen LogP contribution in [-0.4, -0.2) is 25.4 Å². The first kappa shape index (κ1) is 18.1. The zero-order valence-corrected chi connectivity index (χ0v) is 14.9. The minimum atomic E-state index is 0.157. The second-order valence-electron chi connectivity index (χ2n) is 6.10. The number of phenols is 1. The molecule has 4 heteroatoms. The highest BCUT2D eigenvalue weighted by molar-refractivity contribution is 5.42. The number of hydrogen-bond acceptors (Lipinski definition) is 4. The van der Waals surface area contributed by atoms with Crippen LogP contribution in [0.3, 0.4) is 0 Å². The fourth-order valence-electron chi connectivity index (χ4n) is 2.82. The maximum Gasteiger partial charge on any atom is 0.123 e. The van der Waals surface area contributed by atoms with Gasteiger partial charge < -0.3 is 19.9 Å². The number of ether oxygens (including phenoxy) is 2. The van der Waals surface area contributed by atoms with Gasteiger partial charge in [-0.3, -0.25) is 0 Å². The number of benzene rings is 2. The molecule has 0 saturated carbocycles. The molecule has 130 valence electrons. The van der Waals surface area contributed by atoms with Gasteiger partial charge in [-0.15, -0.1) is 0 Å². The van der Waals surface area contributed by atoms with E-state index in [0.717, 1.165) is 29.9 Å². The predicted octanol–water partition coefficient (Wildman–Crippen LogP) is 4.08. The molecule has 0 bridgehead atoms. The van der Waals surface area contributed by atoms with E-state index in [9.17, 15) is 5.11 Å². The van der Waals surface area contributed by atoms with Crippen molar-refractivity contribution in [3.63, 3.8) is 0 Å². The summed E-state index contributed by atoms with van der Waals surface area (Å²) in [5.74, 6) is 2.00. The average Bonchev–Trinajstić information content (AvgIpc) is 2.60. The fraction of sp³-hybridized carbons (Fsp3) is 0.400. The topological polar surface area (TPSA) is 50.7 Å². The summed E-state index contributed by atoms with van der Waals surface area (Å²) in [6, 6.07) is 13.8. The number of aromatic hydroxyl groups is 1. The van der Waals surface area contributed by atoms with E-state index < -0.39 is 0 Å². The molecule has 0 heterocycles. The van der Waals surface area contributed by atoms with E-state index in [1.54, 1.807) is 26.4 Å². The Labute approximate surface area is 144 Å². The summed E-state index contributed by atoms with van der Waals surface area (Å²) in [6.45, 7) is 4.32. The van der Waals surface area contributed by atoms with Crippen LogP contribution < -0.4 is 14.8 Å². The molecule has 0 spiro atoms. The standard InChI is InChI=1S/C20H27NO3/c1-14(5-6-16-7-9-17(22)10-8-16)21-15(2)19-13-18(23-3)11-12-20(19)24-4/h7-15,21-22H,5-6H2,1-4H3. The molecule has 0 aliphatic rings. The SMILES string of the molecule is COc1ccc(OC)c(C(C)NC(C)CCc2ccc(O)cc2)c1. The number of phenolic OH excluding ortho intramolecular Hbond substituents is 1. The van der Waals surface area contributed by atoms with Crippen LogP contribution in [0.4, 0.5) is 0 Å². The lowest BCUT2D eigenvalue weighted by molar-refractivity contribution is 0.384. The van der Waals surface area contributed by atoms with Gasteiger partial charge in [0, 0.05) is 17.6 Å². The van der Waals surface area contributed by atoms with Gasteiger partial charge in [-0.05, 0) is 62.6 Å². The summed E-state index contributed by atoms with van der Waals surface area (Å²) in [5.41, 5.74) is 2.32. The van der Waals surface area contributed by atoms with E-state index in [0.29, 0.717) is 11.8 Å². The van der Waals surface area contributed by atoms with Crippen molar-refractivity contribution in [1.82, 2.24) is 5.32 Å². The van der Waals surface area contributed by atoms with Crippen LogP contribution in [0.15, 0.2) is 42.5 Å². The molecule has 2 aromatic carbocycles. The van der Waals surface area contributed by atoms with Crippen molar-refractivity contribution in [3.05, 3.63) is 53.6 Å². The van der Waals surface area contributed by atoms with Crippen molar-refractivity contribution in [2.24, 2.45) is 0 Å². The molecule has 2 unspecified atom stereocenters. The molecule has 2 N–H and O–H groups in total. The summed E-state index contributed by atoms with van der Waals surface area (Å²) in [5, 5.41) is 13.0. The highest BCUT2D eigenvalue weighted by Crippen LogP contribution is 2.29. The molecule has 0 aliphatic carbocycles. The van der Waals surface area contributed by atoms with Crippen LogP contribution in [0, 0.1) is 0 Å². The van der Waals surface area contributed by atoms with Crippen molar-refractivity contribution in [2.75, 3.05) is 14.2 Å². The third-order valence-corrected chi connectivity index (χ3v) is 4.24. The predicted molar refractivity (Wildman–Crippen MR) is 97.0 cm³/mol. The highest BCUT2D eigenvalue weighted by Gasteiger charge is 2.15. The Morgan fingerprint density at radius 1 is 1.00 bits per heavy atom. The van der Waals surface area contributed by atoms with Gasteiger partial charge in [0.25, 0.3) is 0 Å². The van der Waals surface area contributed by atoms with E-state index >= 15 is 0 Å². The largest absolute Gasteiger partial charge is 0.508 e. The van der Waals surface area contributed by atoms with E-state index in [2.05, 4.69) is 19.2 Å². The Hall–Kier alpha value is -2.20. The van der Waals surface area contributed by atoms with Crippen molar-refractivity contribution in [2.45, 2.75) is 38.8 Å². The summed E-state index contributed by atoms with van der Waals surface area (Å²) in [4.78, 5) is 0. The monoisotopic (exact) mass is 329 g/mol. The van der Waals surface area contributed by atoms with Crippen molar-refractivity contribution >= 4 is 0 Å². The lowest BCUT2D eigenvalue weighted by Gasteiger charge is -2.22. The van der Waals surface area contributed by atoms with Gasteiger partial charge in [0.2, 0.25) is 0 Å². The van der Waals surface area contributed by atoms with Crippen LogP contribution in [0.1, 0.15) is 37.4 Å². The molecule has 0 fully saturated rings. The molecule has 0 radical (unpaired) electrons. The zero-order valence-electron chi connectivity index (χ0n) is 14.9. The molecule has 0 aromatic heterocycles. The number of hydrogen-bond donors (Lipinski definition) is 2. The van der Waals surface area contributed by atoms with E-state index in [4.69, 9.17) is 9.47 Å². The van der Waals surface area contributed by atoms with Crippen LogP contribution in [0.25, 0.3) is 0 Å². The molecule has 4 nitrogen and oxygen atoms in total. The van der Waals surface area contributed by atoms with E-state index in [1.165, 1.54) is 5.56 Å². The van der Waals surface area contributed by atoms with Gasteiger partial charge in [0.1, 0.15) is 17.2 Å². The van der Waals surface area contributed by atoms with Gasteiger partial charge in [0.15, 0.2) is 0 Å². The van der Waals surface area contributed by atoms with Gasteiger partial charge in [-0.2, -0.15) is 0 Å². The first-order valence-corrected chi connectivity index (χ1v) is 8.29.